The molecule has 0 aliphatic heterocycles. The molecule has 2 rings (SSSR count). The molecule has 1 aromatic carbocycles. The lowest BCUT2D eigenvalue weighted by molar-refractivity contribution is 0.0600. The smallest absolute Gasteiger partial charge is 0.337 e. The molecule has 0 saturated carbocycles. The maximum Gasteiger partial charge on any atom is 0.337 e. The van der Waals surface area contributed by atoms with Crippen molar-refractivity contribution in [2.45, 2.75) is 6.92 Å². The van der Waals surface area contributed by atoms with Crippen molar-refractivity contribution in [1.82, 2.24) is 0 Å². The Labute approximate surface area is 128 Å². The molecule has 4 nitrogen and oxygen atoms in total. The number of hydrogen-bond donors (Lipinski definition) is 1. The van der Waals surface area contributed by atoms with E-state index in [1.165, 1.54) is 18.4 Å². The first kappa shape index (κ1) is 14.7. The van der Waals surface area contributed by atoms with Crippen LogP contribution in [0, 0.1) is 6.92 Å². The summed E-state index contributed by atoms with van der Waals surface area (Å²) in [4.78, 5) is 24.1. The van der Waals surface area contributed by atoms with Crippen LogP contribution in [0.25, 0.3) is 0 Å². The van der Waals surface area contributed by atoms with Gasteiger partial charge in [-0.25, -0.2) is 4.79 Å². The van der Waals surface area contributed by atoms with Gasteiger partial charge in [0.25, 0.3) is 5.91 Å². The summed E-state index contributed by atoms with van der Waals surface area (Å²) in [6.45, 7) is 1.93. The number of ether oxygens (including phenoxy) is 1. The number of esters is 1. The van der Waals surface area contributed by atoms with Crippen molar-refractivity contribution in [2.24, 2.45) is 0 Å². The molecule has 6 heteroatoms. The summed E-state index contributed by atoms with van der Waals surface area (Å²) < 4.78 is 5.58. The highest BCUT2D eigenvalue weighted by Gasteiger charge is 2.12. The van der Waals surface area contributed by atoms with Gasteiger partial charge in [0, 0.05) is 5.69 Å². The van der Waals surface area contributed by atoms with Crippen LogP contribution >= 0.6 is 27.3 Å². The highest BCUT2D eigenvalue weighted by atomic mass is 79.9. The van der Waals surface area contributed by atoms with Gasteiger partial charge in [0.15, 0.2) is 0 Å². The average molecular weight is 354 g/mol. The fraction of sp³-hybridized carbons (Fsp3) is 0.143. The molecule has 0 atom stereocenters. The molecule has 0 spiro atoms. The third-order valence-electron chi connectivity index (χ3n) is 2.62. The number of rotatable bonds is 3. The first-order valence-corrected chi connectivity index (χ1v) is 7.38. The summed E-state index contributed by atoms with van der Waals surface area (Å²) in [6, 6.07) is 8.44. The molecule has 0 saturated heterocycles. The summed E-state index contributed by atoms with van der Waals surface area (Å²) >= 11 is 4.76. The van der Waals surface area contributed by atoms with Crippen molar-refractivity contribution in [3.63, 3.8) is 0 Å². The number of halogens is 1. The van der Waals surface area contributed by atoms with Crippen molar-refractivity contribution in [3.8, 4) is 0 Å². The standard InChI is InChI=1S/C14H12BrNO3S/c1-8-6-11(20-12(8)15)13(17)16-10-5-3-4-9(7-10)14(18)19-2/h3-7H,1-2H3,(H,16,17). The monoisotopic (exact) mass is 353 g/mol. The number of methoxy groups -OCH3 is 1. The van der Waals surface area contributed by atoms with Gasteiger partial charge in [-0.15, -0.1) is 11.3 Å². The van der Waals surface area contributed by atoms with Gasteiger partial charge >= 0.3 is 5.97 Å². The number of benzene rings is 1. The van der Waals surface area contributed by atoms with Crippen LogP contribution in [0.15, 0.2) is 34.1 Å². The number of carbonyl (C=O) groups is 2. The first-order chi connectivity index (χ1) is 9.51. The van der Waals surface area contributed by atoms with E-state index in [4.69, 9.17) is 0 Å². The Morgan fingerprint density at radius 2 is 2.05 bits per heavy atom. The summed E-state index contributed by atoms with van der Waals surface area (Å²) in [6.07, 6.45) is 0. The van der Waals surface area contributed by atoms with E-state index in [2.05, 4.69) is 26.0 Å². The van der Waals surface area contributed by atoms with Crippen LogP contribution in [0.1, 0.15) is 25.6 Å². The van der Waals surface area contributed by atoms with E-state index >= 15 is 0 Å². The number of carbonyl (C=O) groups excluding carboxylic acids is 2. The van der Waals surface area contributed by atoms with Gasteiger partial charge < -0.3 is 10.1 Å². The zero-order chi connectivity index (χ0) is 14.7. The molecule has 0 bridgehead atoms. The van der Waals surface area contributed by atoms with Crippen molar-refractivity contribution in [1.29, 1.82) is 0 Å². The highest BCUT2D eigenvalue weighted by molar-refractivity contribution is 9.11. The fourth-order valence-electron chi connectivity index (χ4n) is 1.61. The number of hydrogen-bond acceptors (Lipinski definition) is 4. The minimum atomic E-state index is -0.434. The van der Waals surface area contributed by atoms with Gasteiger partial charge in [0.2, 0.25) is 0 Å². The predicted octanol–water partition coefficient (Wildman–Crippen LogP) is 3.86. The second-order valence-electron chi connectivity index (χ2n) is 4.09. The molecule has 1 N–H and O–H groups in total. The lowest BCUT2D eigenvalue weighted by atomic mass is 10.2. The van der Waals surface area contributed by atoms with Crippen LogP contribution < -0.4 is 5.32 Å². The van der Waals surface area contributed by atoms with Crippen LogP contribution in [0.2, 0.25) is 0 Å². The minimum Gasteiger partial charge on any atom is -0.465 e. The van der Waals surface area contributed by atoms with E-state index in [1.54, 1.807) is 24.3 Å². The zero-order valence-corrected chi connectivity index (χ0v) is 13.3. The number of amides is 1. The van der Waals surface area contributed by atoms with Crippen molar-refractivity contribution < 1.29 is 14.3 Å². The number of aryl methyl sites for hydroxylation is 1. The molecule has 0 unspecified atom stereocenters. The fourth-order valence-corrected chi connectivity index (χ4v) is 3.04. The van der Waals surface area contributed by atoms with E-state index in [0.29, 0.717) is 16.1 Å². The molecule has 0 fully saturated rings. The van der Waals surface area contributed by atoms with E-state index < -0.39 is 5.97 Å². The molecule has 20 heavy (non-hydrogen) atoms. The number of anilines is 1. The highest BCUT2D eigenvalue weighted by Crippen LogP contribution is 2.28. The van der Waals surface area contributed by atoms with Crippen LogP contribution in [0.3, 0.4) is 0 Å². The first-order valence-electron chi connectivity index (χ1n) is 5.77. The average Bonchev–Trinajstić information content (AvgIpc) is 2.78. The lowest BCUT2D eigenvalue weighted by Crippen LogP contribution is -2.11. The van der Waals surface area contributed by atoms with Crippen molar-refractivity contribution in [3.05, 3.63) is 50.1 Å². The molecule has 1 heterocycles. The van der Waals surface area contributed by atoms with Crippen LogP contribution in [0.4, 0.5) is 5.69 Å². The maximum atomic E-state index is 12.1. The van der Waals surface area contributed by atoms with E-state index in [1.807, 2.05) is 13.0 Å². The summed E-state index contributed by atoms with van der Waals surface area (Å²) in [5.41, 5.74) is 1.97. The summed E-state index contributed by atoms with van der Waals surface area (Å²) in [7, 11) is 1.32. The van der Waals surface area contributed by atoms with Crippen LogP contribution in [-0.4, -0.2) is 19.0 Å². The minimum absolute atomic E-state index is 0.203. The Bertz CT molecular complexity index is 647. The molecule has 0 radical (unpaired) electrons. The second kappa shape index (κ2) is 6.19. The zero-order valence-electron chi connectivity index (χ0n) is 10.9. The topological polar surface area (TPSA) is 55.4 Å². The van der Waals surface area contributed by atoms with Crippen molar-refractivity contribution in [2.75, 3.05) is 12.4 Å². The van der Waals surface area contributed by atoms with Gasteiger partial charge in [-0.2, -0.15) is 0 Å². The molecule has 1 aromatic heterocycles. The Balaban J connectivity index is 2.17. The molecular formula is C14H12BrNO3S. The SMILES string of the molecule is COC(=O)c1cccc(NC(=O)c2cc(C)c(Br)s2)c1. The predicted molar refractivity (Wildman–Crippen MR) is 82.5 cm³/mol. The summed E-state index contributed by atoms with van der Waals surface area (Å²) in [5.74, 6) is -0.637. The molecule has 0 aliphatic carbocycles. The Hall–Kier alpha value is -1.66. The van der Waals surface area contributed by atoms with E-state index in [0.717, 1.165) is 9.35 Å². The number of thiophene rings is 1. The Kier molecular flexibility index (Phi) is 4.57. The van der Waals surface area contributed by atoms with Crippen molar-refractivity contribution >= 4 is 44.8 Å². The summed E-state index contributed by atoms with van der Waals surface area (Å²) in [5, 5.41) is 2.76. The molecule has 0 aliphatic rings. The largest absolute Gasteiger partial charge is 0.465 e. The van der Waals surface area contributed by atoms with Gasteiger partial charge in [0.1, 0.15) is 0 Å². The van der Waals surface area contributed by atoms with E-state index in [-0.39, 0.29) is 5.91 Å². The molecule has 1 amide bonds. The third-order valence-corrected chi connectivity index (χ3v) is 4.76. The quantitative estimate of drug-likeness (QED) is 0.852. The molecular weight excluding hydrogens is 342 g/mol. The van der Waals surface area contributed by atoms with Gasteiger partial charge in [-0.05, 0) is 52.7 Å². The normalized spacial score (nSPS) is 10.2. The number of nitrogens with one attached hydrogen (secondary N) is 1. The van der Waals surface area contributed by atoms with E-state index in [9.17, 15) is 9.59 Å². The van der Waals surface area contributed by atoms with Gasteiger partial charge in [-0.1, -0.05) is 6.07 Å². The Morgan fingerprint density at radius 1 is 1.30 bits per heavy atom. The lowest BCUT2D eigenvalue weighted by Gasteiger charge is -2.05. The molecule has 2 aromatic rings. The molecule has 104 valence electrons. The van der Waals surface area contributed by atoms with Gasteiger partial charge in [0.05, 0.1) is 21.3 Å². The second-order valence-corrected chi connectivity index (χ2v) is 6.46. The van der Waals surface area contributed by atoms with Crippen LogP contribution in [-0.2, 0) is 4.74 Å². The maximum absolute atomic E-state index is 12.1. The van der Waals surface area contributed by atoms with Crippen LogP contribution in [0.5, 0.6) is 0 Å². The Morgan fingerprint density at radius 3 is 2.65 bits per heavy atom. The third kappa shape index (κ3) is 3.26. The van der Waals surface area contributed by atoms with Gasteiger partial charge in [-0.3, -0.25) is 4.79 Å².